The predicted octanol–water partition coefficient (Wildman–Crippen LogP) is 3.10. The number of amides is 1. The molecule has 0 aliphatic heterocycles. The fourth-order valence-corrected chi connectivity index (χ4v) is 1.80. The summed E-state index contributed by atoms with van der Waals surface area (Å²) in [5.74, 6) is -1.35. The molecule has 4 N–H and O–H groups in total. The predicted molar refractivity (Wildman–Crippen MR) is 79.1 cm³/mol. The van der Waals surface area contributed by atoms with Gasteiger partial charge in [-0.15, -0.1) is 0 Å². The summed E-state index contributed by atoms with van der Waals surface area (Å²) in [5, 5.41) is 9.18. The first-order chi connectivity index (χ1) is 12.3. The lowest BCUT2D eigenvalue weighted by Crippen LogP contribution is -2.32. The number of hydrogen-bond acceptors (Lipinski definition) is 6. The van der Waals surface area contributed by atoms with Crippen LogP contribution in [0.2, 0.25) is 0 Å². The molecular formula is C13H10F6N6O2. The van der Waals surface area contributed by atoms with Crippen LogP contribution in [0, 0.1) is 0 Å². The summed E-state index contributed by atoms with van der Waals surface area (Å²) < 4.78 is 77.1. The van der Waals surface area contributed by atoms with Crippen molar-refractivity contribution >= 4 is 17.6 Å². The van der Waals surface area contributed by atoms with Gasteiger partial charge in [-0.05, 0) is 12.1 Å². The minimum absolute atomic E-state index is 0.269. The Morgan fingerprint density at radius 1 is 1.15 bits per heavy atom. The number of nitrogen functional groups attached to an aromatic ring is 1. The van der Waals surface area contributed by atoms with Gasteiger partial charge >= 0.3 is 18.4 Å². The third kappa shape index (κ3) is 4.45. The second kappa shape index (κ2) is 6.77. The Morgan fingerprint density at radius 2 is 1.78 bits per heavy atom. The number of halogens is 6. The molecule has 0 spiro atoms. The van der Waals surface area contributed by atoms with Gasteiger partial charge in [-0.1, -0.05) is 0 Å². The maximum atomic E-state index is 13.1. The largest absolute Gasteiger partial charge is 0.464 e. The van der Waals surface area contributed by atoms with Crippen molar-refractivity contribution in [2.45, 2.75) is 12.4 Å². The summed E-state index contributed by atoms with van der Waals surface area (Å²) in [4.78, 5) is 20.8. The van der Waals surface area contributed by atoms with E-state index < -0.39 is 47.2 Å². The van der Waals surface area contributed by atoms with E-state index in [0.29, 0.717) is 17.3 Å². The summed E-state index contributed by atoms with van der Waals surface area (Å²) in [6.45, 7) is 0. The zero-order chi connectivity index (χ0) is 20.6. The van der Waals surface area contributed by atoms with E-state index in [0.717, 1.165) is 13.1 Å². The van der Waals surface area contributed by atoms with Crippen LogP contribution >= 0.6 is 0 Å². The van der Waals surface area contributed by atoms with E-state index in [1.807, 2.05) is 5.43 Å². The maximum absolute atomic E-state index is 13.1. The zero-order valence-electron chi connectivity index (χ0n) is 13.2. The molecular weight excluding hydrogens is 386 g/mol. The van der Waals surface area contributed by atoms with E-state index >= 15 is 0 Å². The van der Waals surface area contributed by atoms with Crippen LogP contribution < -0.4 is 11.2 Å². The quantitative estimate of drug-likeness (QED) is 0.539. The van der Waals surface area contributed by atoms with Crippen molar-refractivity contribution in [3.63, 3.8) is 0 Å². The molecule has 0 atom stereocenters. The van der Waals surface area contributed by atoms with Gasteiger partial charge in [-0.25, -0.2) is 19.8 Å². The lowest BCUT2D eigenvalue weighted by molar-refractivity contribution is -0.141. The van der Waals surface area contributed by atoms with Crippen molar-refractivity contribution in [3.05, 3.63) is 29.7 Å². The monoisotopic (exact) mass is 396 g/mol. The molecule has 8 nitrogen and oxygen atoms in total. The molecule has 0 saturated carbocycles. The number of pyridine rings is 1. The molecule has 146 valence electrons. The van der Waals surface area contributed by atoms with Gasteiger partial charge in [0.1, 0.15) is 11.4 Å². The minimum atomic E-state index is -5.03. The van der Waals surface area contributed by atoms with Crippen LogP contribution in [0.3, 0.4) is 0 Å². The van der Waals surface area contributed by atoms with Crippen LogP contribution in [0.1, 0.15) is 11.4 Å². The van der Waals surface area contributed by atoms with E-state index in [2.05, 4.69) is 15.0 Å². The van der Waals surface area contributed by atoms with Crippen molar-refractivity contribution in [1.82, 2.24) is 20.0 Å². The van der Waals surface area contributed by atoms with E-state index in [-0.39, 0.29) is 5.56 Å². The van der Waals surface area contributed by atoms with Crippen LogP contribution in [-0.2, 0) is 12.4 Å². The van der Waals surface area contributed by atoms with Crippen molar-refractivity contribution in [2.75, 3.05) is 18.2 Å². The highest BCUT2D eigenvalue weighted by molar-refractivity contribution is 5.72. The molecule has 1 amide bonds. The van der Waals surface area contributed by atoms with Crippen LogP contribution in [0.15, 0.2) is 18.3 Å². The standard InChI is InChI=1S/C13H10F6N6O2/c1-25(11(26)27)24-10-7(20)8(13(17,18)19)22-9(23-10)5-2-3-6(21-4-5)12(14,15)16/h2-4H,20H2,1H3,(H,26,27)(H,22,23,24). The first-order valence-corrected chi connectivity index (χ1v) is 6.82. The van der Waals surface area contributed by atoms with Crippen molar-refractivity contribution in [2.24, 2.45) is 0 Å². The maximum Gasteiger partial charge on any atom is 0.435 e. The molecule has 0 radical (unpaired) electrons. The number of nitrogens with zero attached hydrogens (tertiary/aromatic N) is 4. The van der Waals surface area contributed by atoms with E-state index in [9.17, 15) is 31.1 Å². The molecule has 2 aromatic rings. The highest BCUT2D eigenvalue weighted by atomic mass is 19.4. The van der Waals surface area contributed by atoms with Gasteiger partial charge in [0, 0.05) is 18.8 Å². The molecule has 14 heteroatoms. The summed E-state index contributed by atoms with van der Waals surface area (Å²) >= 11 is 0. The zero-order valence-corrected chi connectivity index (χ0v) is 13.2. The summed E-state index contributed by atoms with van der Waals surface area (Å²) in [7, 11) is 0.969. The topological polar surface area (TPSA) is 117 Å². The van der Waals surface area contributed by atoms with Crippen LogP contribution in [0.4, 0.5) is 42.6 Å². The lowest BCUT2D eigenvalue weighted by atomic mass is 10.2. The number of rotatable bonds is 3. The van der Waals surface area contributed by atoms with Crippen molar-refractivity contribution in [3.8, 4) is 11.4 Å². The Balaban J connectivity index is 2.57. The van der Waals surface area contributed by atoms with Crippen LogP contribution in [-0.4, -0.2) is 38.2 Å². The van der Waals surface area contributed by atoms with Gasteiger partial charge in [-0.2, -0.15) is 26.3 Å². The van der Waals surface area contributed by atoms with Crippen molar-refractivity contribution < 1.29 is 36.2 Å². The molecule has 2 heterocycles. The SMILES string of the molecule is CN(Nc1nc(-c2ccc(C(F)(F)F)nc2)nc(C(F)(F)F)c1N)C(=O)O. The van der Waals surface area contributed by atoms with E-state index in [1.54, 1.807) is 0 Å². The number of hydrogen-bond donors (Lipinski definition) is 3. The second-order valence-corrected chi connectivity index (χ2v) is 5.04. The van der Waals surface area contributed by atoms with Gasteiger partial charge in [0.2, 0.25) is 0 Å². The number of aromatic nitrogens is 3. The van der Waals surface area contributed by atoms with E-state index in [4.69, 9.17) is 10.8 Å². The summed E-state index contributed by atoms with van der Waals surface area (Å²) in [6.07, 6.45) is -10.7. The fourth-order valence-electron chi connectivity index (χ4n) is 1.80. The second-order valence-electron chi connectivity index (χ2n) is 5.04. The number of nitrogens with one attached hydrogen (secondary N) is 1. The van der Waals surface area contributed by atoms with Gasteiger partial charge < -0.3 is 10.8 Å². The van der Waals surface area contributed by atoms with Gasteiger partial charge in [-0.3, -0.25) is 10.4 Å². The van der Waals surface area contributed by atoms with Gasteiger partial charge in [0.05, 0.1) is 0 Å². The normalized spacial score (nSPS) is 12.0. The molecule has 0 unspecified atom stereocenters. The molecule has 0 saturated heterocycles. The minimum Gasteiger partial charge on any atom is -0.464 e. The van der Waals surface area contributed by atoms with E-state index in [1.165, 1.54) is 0 Å². The van der Waals surface area contributed by atoms with Crippen LogP contribution in [0.25, 0.3) is 11.4 Å². The Morgan fingerprint density at radius 3 is 2.22 bits per heavy atom. The number of hydrazine groups is 1. The highest BCUT2D eigenvalue weighted by Crippen LogP contribution is 2.36. The smallest absolute Gasteiger partial charge is 0.435 e. The van der Waals surface area contributed by atoms with Gasteiger partial charge in [0.15, 0.2) is 17.3 Å². The van der Waals surface area contributed by atoms with Crippen molar-refractivity contribution in [1.29, 1.82) is 0 Å². The molecule has 0 aromatic carbocycles. The number of carboxylic acid groups (broad SMARTS) is 1. The first kappa shape index (κ1) is 20.0. The third-order valence-corrected chi connectivity index (χ3v) is 3.09. The Bertz CT molecular complexity index is 852. The summed E-state index contributed by atoms with van der Waals surface area (Å²) in [6, 6.07) is 1.37. The average Bonchev–Trinajstić information content (AvgIpc) is 2.54. The lowest BCUT2D eigenvalue weighted by Gasteiger charge is -2.19. The molecule has 2 rings (SSSR count). The number of carbonyl (C=O) groups is 1. The first-order valence-electron chi connectivity index (χ1n) is 6.82. The number of alkyl halides is 6. The van der Waals surface area contributed by atoms with Gasteiger partial charge in [0.25, 0.3) is 0 Å². The molecule has 0 bridgehead atoms. The van der Waals surface area contributed by atoms with Crippen LogP contribution in [0.5, 0.6) is 0 Å². The molecule has 0 fully saturated rings. The number of nitrogens with two attached hydrogens (primary N) is 1. The third-order valence-electron chi connectivity index (χ3n) is 3.09. The fraction of sp³-hybridized carbons (Fsp3) is 0.231. The Hall–Kier alpha value is -3.32. The molecule has 0 aliphatic carbocycles. The molecule has 27 heavy (non-hydrogen) atoms. The Labute approximate surface area is 146 Å². The molecule has 0 aliphatic rings. The highest BCUT2D eigenvalue weighted by Gasteiger charge is 2.38. The summed E-state index contributed by atoms with van der Waals surface area (Å²) in [5.41, 5.74) is 3.27. The molecule has 2 aromatic heterocycles. The average molecular weight is 396 g/mol. The number of anilines is 2. The Kier molecular flexibility index (Phi) is 5.01.